The van der Waals surface area contributed by atoms with Crippen LogP contribution in [0.25, 0.3) is 76.5 Å². The van der Waals surface area contributed by atoms with Crippen molar-refractivity contribution < 1.29 is 105 Å². The molecule has 11 rings (SSSR count). The first-order chi connectivity index (χ1) is 30.4. The number of hydrogen-bond donors (Lipinski definition) is 0. The second kappa shape index (κ2) is 26.4. The Morgan fingerprint density at radius 2 is 0.586 bits per heavy atom. The van der Waals surface area contributed by atoms with Crippen molar-refractivity contribution in [3.05, 3.63) is 144 Å². The van der Waals surface area contributed by atoms with Gasteiger partial charge < -0.3 is 27.4 Å². The van der Waals surface area contributed by atoms with Crippen LogP contribution < -0.4 is 37.3 Å². The van der Waals surface area contributed by atoms with Gasteiger partial charge >= 0.3 is 19.5 Å². The van der Waals surface area contributed by atoms with Crippen molar-refractivity contribution in [1.29, 1.82) is 0 Å². The van der Waals surface area contributed by atoms with Crippen LogP contribution >= 0.6 is 0 Å². The van der Waals surface area contributed by atoms with E-state index in [0.717, 1.165) is 123 Å². The zero-order chi connectivity index (χ0) is 45.8. The molecule has 0 amide bonds. The smallest absolute Gasteiger partial charge is 0.412 e. The Morgan fingerprint density at radius 1 is 0.343 bits per heavy atom. The van der Waals surface area contributed by atoms with Crippen molar-refractivity contribution in [1.82, 2.24) is 39.9 Å². The third kappa shape index (κ3) is 15.8. The minimum absolute atomic E-state index is 0. The molecule has 0 bridgehead atoms. The second-order valence-electron chi connectivity index (χ2n) is 14.8. The summed E-state index contributed by atoms with van der Waals surface area (Å²) in [6.45, 7) is 8.03. The van der Waals surface area contributed by atoms with Crippen LogP contribution in [0.4, 0.5) is 0 Å². The molecule has 24 heteroatoms. The third-order valence-electron chi connectivity index (χ3n) is 10.1. The molecule has 10 aromatic rings. The molecule has 0 unspecified atom stereocenters. The quantitative estimate of drug-likeness (QED) is 0.106. The summed E-state index contributed by atoms with van der Waals surface area (Å²) >= 11 is 0. The number of aryl methyl sites for hydroxylation is 6. The first-order valence-electron chi connectivity index (χ1n) is 19.7. The van der Waals surface area contributed by atoms with Crippen molar-refractivity contribution >= 4 is 76.5 Å². The van der Waals surface area contributed by atoms with Gasteiger partial charge in [0, 0.05) is 67.5 Å². The molecule has 1 aliphatic rings. The molecule has 10 N–H and O–H groups in total. The Morgan fingerprint density at radius 3 is 0.843 bits per heavy atom. The van der Waals surface area contributed by atoms with E-state index in [1.165, 1.54) is 12.8 Å². The average Bonchev–Trinajstić information content (AvgIpc) is 3.25. The molecule has 7 aromatic heterocycles. The van der Waals surface area contributed by atoms with Crippen LogP contribution in [0.5, 0.6) is 0 Å². The predicted molar refractivity (Wildman–Crippen MR) is 238 cm³/mol. The van der Waals surface area contributed by atoms with Gasteiger partial charge in [0.15, 0.2) is 0 Å². The van der Waals surface area contributed by atoms with Gasteiger partial charge in [0.1, 0.15) is 0 Å². The average molecular weight is 1090 g/mol. The second-order valence-corrected chi connectivity index (χ2v) is 16.3. The van der Waals surface area contributed by atoms with Gasteiger partial charge in [0.05, 0.1) is 55.5 Å². The van der Waals surface area contributed by atoms with E-state index in [1.54, 1.807) is 0 Å². The third-order valence-corrected chi connectivity index (χ3v) is 10.1. The van der Waals surface area contributed by atoms with Gasteiger partial charge in [-0.05, 0) is 102 Å². The van der Waals surface area contributed by atoms with Crippen LogP contribution in [0, 0.1) is 48.2 Å². The number of halogens is 2. The van der Waals surface area contributed by atoms with Gasteiger partial charge in [-0.2, -0.15) is 0 Å². The summed E-state index contributed by atoms with van der Waals surface area (Å²) in [5.41, 5.74) is 14.2. The molecule has 21 nitrogen and oxygen atoms in total. The molecule has 0 saturated heterocycles. The van der Waals surface area contributed by atoms with E-state index in [0.29, 0.717) is 0 Å². The normalized spacial score (nSPS) is 11.4. The van der Waals surface area contributed by atoms with E-state index in [-0.39, 0.29) is 46.9 Å². The summed E-state index contributed by atoms with van der Waals surface area (Å²) in [4.78, 5) is 37.3. The van der Waals surface area contributed by atoms with Gasteiger partial charge in [0.25, 0.3) is 0 Å². The largest absolute Gasteiger partial charge is 2.00 e. The summed E-state index contributed by atoms with van der Waals surface area (Å²) in [6.07, 6.45) is 8.11. The maximum Gasteiger partial charge on any atom is 2.00 e. The first-order valence-corrected chi connectivity index (χ1v) is 22.2. The van der Waals surface area contributed by atoms with Crippen molar-refractivity contribution in [3.8, 4) is 0 Å². The van der Waals surface area contributed by atoms with Crippen LogP contribution in [0.2, 0.25) is 0 Å². The van der Waals surface area contributed by atoms with Gasteiger partial charge in [0.2, 0.25) is 0 Å². The summed E-state index contributed by atoms with van der Waals surface area (Å²) in [6, 6.07) is 33.0. The molecular weight excluding hydrogens is 1040 g/mol. The van der Waals surface area contributed by atoms with Crippen LogP contribution in [-0.4, -0.2) is 67.3 Å². The summed E-state index contributed by atoms with van der Waals surface area (Å²) in [5.74, 6) is 0. The fraction of sp³-hybridized carbons (Fsp3) is 0.174. The number of nitrogens with zero attached hydrogens (tertiary/aromatic N) is 8. The van der Waals surface area contributed by atoms with E-state index in [2.05, 4.69) is 90.6 Å². The molecule has 0 fully saturated rings. The SMILES string of the molecule is Cc1ccc2ccc3ccc(C)nc3c2n1.Cc1ccc2ccc3ccc(C)nc3c2n1.O.O.O.O.O.[O-][Cl+3]([O-])([O-])[O-].[O-][Cl+3]([O-])([O-])[O-].[Ru+2].c1cnc2c(c1)c1nc3c(nc1c1cccnc12)CCCC3. The van der Waals surface area contributed by atoms with E-state index in [1.807, 2.05) is 76.5 Å². The Hall–Kier alpha value is -5.86. The number of benzene rings is 3. The molecule has 0 atom stereocenters. The summed E-state index contributed by atoms with van der Waals surface area (Å²) < 4.78 is 67.9. The molecule has 70 heavy (non-hydrogen) atoms. The van der Waals surface area contributed by atoms with Crippen molar-refractivity contribution in [2.24, 2.45) is 0 Å². The molecule has 0 radical (unpaired) electrons. The molecule has 0 spiro atoms. The predicted octanol–water partition coefficient (Wildman–Crippen LogP) is -3.23. The van der Waals surface area contributed by atoms with Crippen molar-refractivity contribution in [2.45, 2.75) is 53.4 Å². The molecule has 7 heterocycles. The number of rotatable bonds is 0. The minimum Gasteiger partial charge on any atom is -0.412 e. The van der Waals surface area contributed by atoms with Gasteiger partial charge in [-0.15, -0.1) is 20.5 Å². The van der Waals surface area contributed by atoms with E-state index in [4.69, 9.17) is 47.2 Å². The van der Waals surface area contributed by atoms with Crippen molar-refractivity contribution in [3.63, 3.8) is 0 Å². The first kappa shape index (κ1) is 62.2. The number of aromatic nitrogens is 8. The maximum atomic E-state index is 8.49. The van der Waals surface area contributed by atoms with Crippen LogP contribution in [-0.2, 0) is 32.3 Å². The number of pyridine rings is 6. The molecular formula is C46H48Cl2N8O13Ru. The van der Waals surface area contributed by atoms with Crippen LogP contribution in [0.15, 0.2) is 109 Å². The fourth-order valence-corrected chi connectivity index (χ4v) is 7.36. The zero-order valence-electron chi connectivity index (χ0n) is 37.7. The fourth-order valence-electron chi connectivity index (χ4n) is 7.36. The maximum absolute atomic E-state index is 8.49. The van der Waals surface area contributed by atoms with Crippen molar-refractivity contribution in [2.75, 3.05) is 0 Å². The molecule has 3 aromatic carbocycles. The van der Waals surface area contributed by atoms with E-state index in [9.17, 15) is 0 Å². The Labute approximate surface area is 416 Å². The molecule has 372 valence electrons. The summed E-state index contributed by atoms with van der Waals surface area (Å²) in [7, 11) is -9.89. The number of hydrogen-bond acceptors (Lipinski definition) is 16. The Balaban J connectivity index is 0.000000466. The van der Waals surface area contributed by atoms with E-state index >= 15 is 0 Å². The Bertz CT molecular complexity index is 2980. The molecule has 0 aliphatic heterocycles. The van der Waals surface area contributed by atoms with E-state index < -0.39 is 20.5 Å². The van der Waals surface area contributed by atoms with Crippen LogP contribution in [0.3, 0.4) is 0 Å². The van der Waals surface area contributed by atoms with Gasteiger partial charge in [-0.3, -0.25) is 29.9 Å². The summed E-state index contributed by atoms with van der Waals surface area (Å²) in [5, 5.41) is 6.69. The topological polar surface area (TPSA) is 445 Å². The van der Waals surface area contributed by atoms with Crippen LogP contribution in [0.1, 0.15) is 47.0 Å². The zero-order valence-corrected chi connectivity index (χ0v) is 40.9. The molecule has 1 aliphatic carbocycles. The molecule has 0 saturated carbocycles. The minimum atomic E-state index is -4.94. The van der Waals surface area contributed by atoms with Gasteiger partial charge in [-0.1, -0.05) is 48.5 Å². The standard InChI is InChI=1S/C18H14N4.2C14H12N2.2ClHO4.5H2O.Ru/c1-2-8-14-13(7-1)21-17-11-5-3-9-19-15(11)16-12(18(17)22-14)6-4-10-20-16;2*1-9-3-5-11-7-8-12-6-4-10(2)16-14(12)13(11)15-9;2*2-1(3,4)5;;;;;;/h3-6,9-10H,1-2,7-8H2;2*3-8H,1-2H3;2*(H,2,3,4,5);5*1H2;/q;;;;;;;;;;+2/p-2. The number of fused-ring (bicyclic) bond motifs is 13. The monoisotopic (exact) mass is 1090 g/mol. The van der Waals surface area contributed by atoms with Gasteiger partial charge in [-0.25, -0.2) is 47.2 Å². The Kier molecular flexibility index (Phi) is 23.4.